The van der Waals surface area contributed by atoms with Gasteiger partial charge in [-0.1, -0.05) is 18.2 Å². The Kier molecular flexibility index (Phi) is 5.04. The quantitative estimate of drug-likeness (QED) is 0.654. The van der Waals surface area contributed by atoms with Crippen molar-refractivity contribution in [2.45, 2.75) is 0 Å². The van der Waals surface area contributed by atoms with Gasteiger partial charge in [-0.2, -0.15) is 5.10 Å². The molecule has 0 radical (unpaired) electrons. The molecule has 2 rings (SSSR count). The van der Waals surface area contributed by atoms with Gasteiger partial charge in [0.25, 0.3) is 0 Å². The lowest BCUT2D eigenvalue weighted by Gasteiger charge is -2.12. The van der Waals surface area contributed by atoms with Crippen molar-refractivity contribution in [2.75, 3.05) is 26.8 Å². The molecule has 2 aromatic carbocycles. The van der Waals surface area contributed by atoms with E-state index in [1.807, 2.05) is 42.5 Å². The molecule has 0 aliphatic carbocycles. The van der Waals surface area contributed by atoms with Gasteiger partial charge in [-0.25, -0.2) is 0 Å². The highest BCUT2D eigenvalue weighted by molar-refractivity contribution is 5.83. The standard InChI is InChI=1S/C16H18N2O3/c1-19-14-9-12(10-15(20-2)16(14)21-3)11-17-18-13-7-5-4-6-8-13/h4-11,18H,1-3H3. The SMILES string of the molecule is COc1cc(C=NNc2ccccc2)cc(OC)c1OC. The number of para-hydroxylation sites is 1. The molecule has 0 fully saturated rings. The normalized spacial score (nSPS) is 10.4. The van der Waals surface area contributed by atoms with Crippen molar-refractivity contribution in [3.63, 3.8) is 0 Å². The summed E-state index contributed by atoms with van der Waals surface area (Å²) in [7, 11) is 4.74. The molecular formula is C16H18N2O3. The van der Waals surface area contributed by atoms with Crippen molar-refractivity contribution >= 4 is 11.9 Å². The lowest BCUT2D eigenvalue weighted by molar-refractivity contribution is 0.324. The Morgan fingerprint density at radius 3 is 2.05 bits per heavy atom. The van der Waals surface area contributed by atoms with Gasteiger partial charge in [0, 0.05) is 5.56 Å². The Hall–Kier alpha value is -2.69. The largest absolute Gasteiger partial charge is 0.493 e. The van der Waals surface area contributed by atoms with Gasteiger partial charge in [0.2, 0.25) is 5.75 Å². The molecule has 1 N–H and O–H groups in total. The number of nitrogens with one attached hydrogen (secondary N) is 1. The maximum Gasteiger partial charge on any atom is 0.203 e. The van der Waals surface area contributed by atoms with Crippen LogP contribution in [0.1, 0.15) is 5.56 Å². The summed E-state index contributed by atoms with van der Waals surface area (Å²) in [6, 6.07) is 13.4. The van der Waals surface area contributed by atoms with Crippen LogP contribution in [-0.4, -0.2) is 27.5 Å². The van der Waals surface area contributed by atoms with Crippen LogP contribution in [0.4, 0.5) is 5.69 Å². The minimum Gasteiger partial charge on any atom is -0.493 e. The average Bonchev–Trinajstić information content (AvgIpc) is 2.54. The first-order valence-corrected chi connectivity index (χ1v) is 6.42. The molecule has 5 heteroatoms. The van der Waals surface area contributed by atoms with Crippen LogP contribution in [0.25, 0.3) is 0 Å². The lowest BCUT2D eigenvalue weighted by Crippen LogP contribution is -1.97. The summed E-state index contributed by atoms with van der Waals surface area (Å²) in [6.07, 6.45) is 1.69. The van der Waals surface area contributed by atoms with Gasteiger partial charge < -0.3 is 14.2 Å². The number of hydrazone groups is 1. The number of hydrogen-bond acceptors (Lipinski definition) is 5. The Labute approximate surface area is 124 Å². The van der Waals surface area contributed by atoms with Gasteiger partial charge in [-0.15, -0.1) is 0 Å². The summed E-state index contributed by atoms with van der Waals surface area (Å²) in [5, 5.41) is 4.19. The molecule has 0 atom stereocenters. The van der Waals surface area contributed by atoms with Gasteiger partial charge in [0.1, 0.15) is 0 Å². The highest BCUT2D eigenvalue weighted by atomic mass is 16.5. The topological polar surface area (TPSA) is 52.1 Å². The molecule has 21 heavy (non-hydrogen) atoms. The van der Waals surface area contributed by atoms with E-state index < -0.39 is 0 Å². The summed E-state index contributed by atoms with van der Waals surface area (Å²) in [6.45, 7) is 0. The molecule has 5 nitrogen and oxygen atoms in total. The number of anilines is 1. The summed E-state index contributed by atoms with van der Waals surface area (Å²) < 4.78 is 15.9. The first-order chi connectivity index (χ1) is 10.3. The van der Waals surface area contributed by atoms with E-state index in [1.54, 1.807) is 27.5 Å². The monoisotopic (exact) mass is 286 g/mol. The lowest BCUT2D eigenvalue weighted by atomic mass is 10.2. The zero-order valence-corrected chi connectivity index (χ0v) is 12.3. The molecule has 0 spiro atoms. The highest BCUT2D eigenvalue weighted by Gasteiger charge is 2.12. The number of hydrogen-bond donors (Lipinski definition) is 1. The number of rotatable bonds is 6. The zero-order valence-electron chi connectivity index (χ0n) is 12.3. The minimum atomic E-state index is 0.563. The van der Waals surface area contributed by atoms with E-state index in [0.717, 1.165) is 11.3 Å². The van der Waals surface area contributed by atoms with E-state index in [1.165, 1.54) is 0 Å². The fourth-order valence-electron chi connectivity index (χ4n) is 1.87. The van der Waals surface area contributed by atoms with E-state index >= 15 is 0 Å². The Bertz CT molecular complexity index is 587. The molecule has 0 saturated carbocycles. The van der Waals surface area contributed by atoms with Crippen molar-refractivity contribution < 1.29 is 14.2 Å². The number of methoxy groups -OCH3 is 3. The Morgan fingerprint density at radius 1 is 0.905 bits per heavy atom. The van der Waals surface area contributed by atoms with Crippen molar-refractivity contribution in [1.82, 2.24) is 0 Å². The van der Waals surface area contributed by atoms with Crippen LogP contribution in [0.5, 0.6) is 17.2 Å². The number of nitrogens with zero attached hydrogens (tertiary/aromatic N) is 1. The summed E-state index contributed by atoms with van der Waals surface area (Å²) in [4.78, 5) is 0. The molecule has 0 amide bonds. The predicted molar refractivity (Wildman–Crippen MR) is 83.8 cm³/mol. The van der Waals surface area contributed by atoms with Gasteiger partial charge >= 0.3 is 0 Å². The van der Waals surface area contributed by atoms with E-state index in [9.17, 15) is 0 Å². The van der Waals surface area contributed by atoms with E-state index in [2.05, 4.69) is 10.5 Å². The second-order valence-electron chi connectivity index (χ2n) is 4.19. The molecule has 2 aromatic rings. The molecule has 0 aliphatic heterocycles. The number of benzene rings is 2. The maximum atomic E-state index is 5.30. The van der Waals surface area contributed by atoms with E-state index in [-0.39, 0.29) is 0 Å². The summed E-state index contributed by atoms with van der Waals surface area (Å²) >= 11 is 0. The molecule has 0 aromatic heterocycles. The minimum absolute atomic E-state index is 0.563. The Balaban J connectivity index is 2.20. The molecule has 0 heterocycles. The fourth-order valence-corrected chi connectivity index (χ4v) is 1.87. The van der Waals surface area contributed by atoms with Crippen LogP contribution in [0.2, 0.25) is 0 Å². The smallest absolute Gasteiger partial charge is 0.203 e. The van der Waals surface area contributed by atoms with Crippen molar-refractivity contribution in [3.8, 4) is 17.2 Å². The first-order valence-electron chi connectivity index (χ1n) is 6.42. The summed E-state index contributed by atoms with van der Waals surface area (Å²) in [5.74, 6) is 1.75. The molecule has 0 aliphatic rings. The Morgan fingerprint density at radius 2 is 1.52 bits per heavy atom. The van der Waals surface area contributed by atoms with Crippen LogP contribution < -0.4 is 19.6 Å². The van der Waals surface area contributed by atoms with Crippen molar-refractivity contribution in [1.29, 1.82) is 0 Å². The van der Waals surface area contributed by atoms with Gasteiger partial charge in [0.15, 0.2) is 11.5 Å². The van der Waals surface area contributed by atoms with Crippen LogP contribution in [0.3, 0.4) is 0 Å². The van der Waals surface area contributed by atoms with Gasteiger partial charge in [0.05, 0.1) is 33.2 Å². The third kappa shape index (κ3) is 3.66. The summed E-state index contributed by atoms with van der Waals surface area (Å²) in [5.41, 5.74) is 4.71. The second kappa shape index (κ2) is 7.19. The highest BCUT2D eigenvalue weighted by Crippen LogP contribution is 2.37. The third-order valence-electron chi connectivity index (χ3n) is 2.87. The maximum absolute atomic E-state index is 5.30. The molecular weight excluding hydrogens is 268 g/mol. The van der Waals surface area contributed by atoms with Gasteiger partial charge in [-0.05, 0) is 24.3 Å². The van der Waals surface area contributed by atoms with Gasteiger partial charge in [-0.3, -0.25) is 5.43 Å². The van der Waals surface area contributed by atoms with Crippen LogP contribution in [0.15, 0.2) is 47.6 Å². The van der Waals surface area contributed by atoms with E-state index in [4.69, 9.17) is 14.2 Å². The molecule has 0 unspecified atom stereocenters. The average molecular weight is 286 g/mol. The predicted octanol–water partition coefficient (Wildman–Crippen LogP) is 3.16. The number of ether oxygens (including phenoxy) is 3. The van der Waals surface area contributed by atoms with Crippen LogP contribution >= 0.6 is 0 Å². The molecule has 0 saturated heterocycles. The first kappa shape index (κ1) is 14.7. The third-order valence-corrected chi connectivity index (χ3v) is 2.87. The van der Waals surface area contributed by atoms with Crippen LogP contribution in [0, 0.1) is 0 Å². The van der Waals surface area contributed by atoms with Crippen molar-refractivity contribution in [2.24, 2.45) is 5.10 Å². The molecule has 0 bridgehead atoms. The zero-order chi connectivity index (χ0) is 15.1. The van der Waals surface area contributed by atoms with Crippen molar-refractivity contribution in [3.05, 3.63) is 48.0 Å². The van der Waals surface area contributed by atoms with E-state index in [0.29, 0.717) is 17.2 Å². The molecule has 110 valence electrons. The van der Waals surface area contributed by atoms with Crippen LogP contribution in [-0.2, 0) is 0 Å². The second-order valence-corrected chi connectivity index (χ2v) is 4.19. The fraction of sp³-hybridized carbons (Fsp3) is 0.188.